The predicted molar refractivity (Wildman–Crippen MR) is 100 cm³/mol. The van der Waals surface area contributed by atoms with Gasteiger partial charge < -0.3 is 9.73 Å². The summed E-state index contributed by atoms with van der Waals surface area (Å²) in [4.78, 5) is 23.8. The molecule has 0 saturated carbocycles. The number of halogens is 1. The van der Waals surface area contributed by atoms with Gasteiger partial charge in [-0.2, -0.15) is 0 Å². The van der Waals surface area contributed by atoms with E-state index in [0.717, 1.165) is 11.8 Å². The van der Waals surface area contributed by atoms with Gasteiger partial charge in [0.05, 0.1) is 5.25 Å². The Balaban J connectivity index is 1.64. The molecule has 0 aliphatic carbocycles. The zero-order chi connectivity index (χ0) is 19.4. The first-order chi connectivity index (χ1) is 12.9. The Morgan fingerprint density at radius 3 is 2.59 bits per heavy atom. The minimum Gasteiger partial charge on any atom is -0.411 e. The normalized spacial score (nSPS) is 11.8. The highest BCUT2D eigenvalue weighted by Gasteiger charge is 2.19. The molecule has 8 heteroatoms. The second-order valence-corrected chi connectivity index (χ2v) is 7.06. The van der Waals surface area contributed by atoms with E-state index in [4.69, 9.17) is 4.42 Å². The third-order valence-electron chi connectivity index (χ3n) is 3.68. The van der Waals surface area contributed by atoms with Gasteiger partial charge in [0.15, 0.2) is 5.78 Å². The maximum atomic E-state index is 13.0. The van der Waals surface area contributed by atoms with Crippen LogP contribution in [-0.4, -0.2) is 27.1 Å². The first-order valence-corrected chi connectivity index (χ1v) is 8.98. The fourth-order valence-electron chi connectivity index (χ4n) is 2.23. The smallest absolute Gasteiger partial charge is 0.277 e. The number of carbonyl (C=O) groups excluding carboxylic acids is 2. The summed E-state index contributed by atoms with van der Waals surface area (Å²) in [5.74, 6) is -0.443. The Bertz CT molecular complexity index is 972. The van der Waals surface area contributed by atoms with E-state index in [1.165, 1.54) is 31.2 Å². The summed E-state index contributed by atoms with van der Waals surface area (Å²) in [6.07, 6.45) is 0. The van der Waals surface area contributed by atoms with Crippen molar-refractivity contribution >= 4 is 29.1 Å². The average Bonchev–Trinajstić information content (AvgIpc) is 3.11. The third kappa shape index (κ3) is 4.79. The van der Waals surface area contributed by atoms with Crippen LogP contribution in [0, 0.1) is 5.82 Å². The van der Waals surface area contributed by atoms with Crippen LogP contribution >= 0.6 is 11.8 Å². The lowest BCUT2D eigenvalue weighted by Crippen LogP contribution is -2.22. The average molecular weight is 385 g/mol. The van der Waals surface area contributed by atoms with E-state index in [1.54, 1.807) is 31.2 Å². The van der Waals surface area contributed by atoms with Crippen molar-refractivity contribution in [3.63, 3.8) is 0 Å². The lowest BCUT2D eigenvalue weighted by atomic mass is 10.1. The summed E-state index contributed by atoms with van der Waals surface area (Å²) in [7, 11) is 0. The molecular formula is C19H16FN3O3S. The maximum absolute atomic E-state index is 13.0. The Hall–Kier alpha value is -3.00. The van der Waals surface area contributed by atoms with Gasteiger partial charge in [0.25, 0.3) is 5.22 Å². The van der Waals surface area contributed by atoms with Crippen LogP contribution in [0.15, 0.2) is 58.2 Å². The fourth-order valence-corrected chi connectivity index (χ4v) is 2.91. The summed E-state index contributed by atoms with van der Waals surface area (Å²) in [6.45, 7) is 3.17. The Morgan fingerprint density at radius 2 is 1.89 bits per heavy atom. The molecule has 1 N–H and O–H groups in total. The van der Waals surface area contributed by atoms with Gasteiger partial charge in [-0.3, -0.25) is 9.59 Å². The first-order valence-electron chi connectivity index (χ1n) is 8.10. The molecule has 3 aromatic rings. The van der Waals surface area contributed by atoms with Gasteiger partial charge in [-0.15, -0.1) is 10.2 Å². The summed E-state index contributed by atoms with van der Waals surface area (Å²) < 4.78 is 18.5. The molecule has 0 bridgehead atoms. The van der Waals surface area contributed by atoms with Gasteiger partial charge in [-0.25, -0.2) is 4.39 Å². The third-order valence-corrected chi connectivity index (χ3v) is 4.62. The highest BCUT2D eigenvalue weighted by atomic mass is 32.2. The molecule has 0 aliphatic heterocycles. The van der Waals surface area contributed by atoms with Crippen molar-refractivity contribution in [3.05, 3.63) is 59.9 Å². The van der Waals surface area contributed by atoms with Crippen LogP contribution in [0.4, 0.5) is 10.1 Å². The number of anilines is 1. The number of hydrogen-bond acceptors (Lipinski definition) is 6. The lowest BCUT2D eigenvalue weighted by Gasteiger charge is -2.10. The topological polar surface area (TPSA) is 85.1 Å². The number of hydrogen-bond donors (Lipinski definition) is 1. The maximum Gasteiger partial charge on any atom is 0.277 e. The molecule has 138 valence electrons. The lowest BCUT2D eigenvalue weighted by molar-refractivity contribution is -0.115. The van der Waals surface area contributed by atoms with E-state index >= 15 is 0 Å². The molecule has 0 aliphatic rings. The van der Waals surface area contributed by atoms with E-state index < -0.39 is 5.25 Å². The number of aromatic nitrogens is 2. The van der Waals surface area contributed by atoms with Crippen molar-refractivity contribution in [3.8, 4) is 11.5 Å². The number of carbonyl (C=O) groups is 2. The summed E-state index contributed by atoms with van der Waals surface area (Å²) in [5.41, 5.74) is 1.65. The summed E-state index contributed by atoms with van der Waals surface area (Å²) in [5, 5.41) is 10.3. The fraction of sp³-hybridized carbons (Fsp3) is 0.158. The number of Topliss-reactive ketones (excluding diaryl/α,β-unsaturated/α-hetero) is 1. The van der Waals surface area contributed by atoms with Gasteiger partial charge in [0, 0.05) is 16.8 Å². The van der Waals surface area contributed by atoms with E-state index in [1.807, 2.05) is 0 Å². The largest absolute Gasteiger partial charge is 0.411 e. The van der Waals surface area contributed by atoms with Crippen molar-refractivity contribution in [1.82, 2.24) is 10.2 Å². The zero-order valence-corrected chi connectivity index (χ0v) is 15.4. The number of nitrogens with one attached hydrogen (secondary N) is 1. The molecule has 0 spiro atoms. The van der Waals surface area contributed by atoms with Crippen LogP contribution in [0.1, 0.15) is 24.2 Å². The number of ketones is 1. The standard InChI is InChI=1S/C19H16FN3O3S/c1-11(24)14-4-3-5-16(10-14)21-17(25)12(2)27-19-23-22-18(26-19)13-6-8-15(20)9-7-13/h3-10,12H,1-2H3,(H,21,25)/t12-/m0/s1. The van der Waals surface area contributed by atoms with E-state index in [0.29, 0.717) is 16.8 Å². The molecule has 0 radical (unpaired) electrons. The van der Waals surface area contributed by atoms with Gasteiger partial charge in [0.2, 0.25) is 11.8 Å². The Kier molecular flexibility index (Phi) is 5.66. The molecule has 6 nitrogen and oxygen atoms in total. The van der Waals surface area contributed by atoms with Crippen molar-refractivity contribution in [2.24, 2.45) is 0 Å². The zero-order valence-electron chi connectivity index (χ0n) is 14.6. The number of rotatable bonds is 6. The molecule has 0 fully saturated rings. The minimum atomic E-state index is -0.507. The number of benzene rings is 2. The molecule has 3 rings (SSSR count). The molecule has 1 amide bonds. The monoisotopic (exact) mass is 385 g/mol. The Labute approximate surface area is 159 Å². The summed E-state index contributed by atoms with van der Waals surface area (Å²) in [6, 6.07) is 12.4. The Morgan fingerprint density at radius 1 is 1.15 bits per heavy atom. The second kappa shape index (κ2) is 8.13. The molecule has 27 heavy (non-hydrogen) atoms. The number of nitrogens with zero attached hydrogens (tertiary/aromatic N) is 2. The van der Waals surface area contributed by atoms with Gasteiger partial charge in [0.1, 0.15) is 5.82 Å². The highest BCUT2D eigenvalue weighted by Crippen LogP contribution is 2.27. The van der Waals surface area contributed by atoms with Crippen molar-refractivity contribution < 1.29 is 18.4 Å². The van der Waals surface area contributed by atoms with E-state index in [-0.39, 0.29) is 28.6 Å². The van der Waals surface area contributed by atoms with Crippen molar-refractivity contribution in [2.75, 3.05) is 5.32 Å². The predicted octanol–water partition coefficient (Wildman–Crippen LogP) is 4.20. The number of thioether (sulfide) groups is 1. The van der Waals surface area contributed by atoms with Crippen LogP contribution in [-0.2, 0) is 4.79 Å². The second-order valence-electron chi connectivity index (χ2n) is 5.77. The van der Waals surface area contributed by atoms with Gasteiger partial charge in [-0.05, 0) is 50.2 Å². The highest BCUT2D eigenvalue weighted by molar-refractivity contribution is 8.00. The first kappa shape index (κ1) is 18.8. The van der Waals surface area contributed by atoms with E-state index in [2.05, 4.69) is 15.5 Å². The van der Waals surface area contributed by atoms with E-state index in [9.17, 15) is 14.0 Å². The minimum absolute atomic E-state index is 0.0762. The van der Waals surface area contributed by atoms with Gasteiger partial charge in [-0.1, -0.05) is 23.9 Å². The molecule has 1 heterocycles. The molecule has 0 unspecified atom stereocenters. The number of amides is 1. The van der Waals surface area contributed by atoms with Crippen LogP contribution in [0.25, 0.3) is 11.5 Å². The van der Waals surface area contributed by atoms with Crippen LogP contribution in [0.2, 0.25) is 0 Å². The summed E-state index contributed by atoms with van der Waals surface area (Å²) >= 11 is 1.11. The SMILES string of the molecule is CC(=O)c1cccc(NC(=O)[C@H](C)Sc2nnc(-c3ccc(F)cc3)o2)c1. The van der Waals surface area contributed by atoms with Crippen LogP contribution in [0.5, 0.6) is 0 Å². The van der Waals surface area contributed by atoms with Crippen molar-refractivity contribution in [1.29, 1.82) is 0 Å². The van der Waals surface area contributed by atoms with Crippen LogP contribution < -0.4 is 5.32 Å². The molecular weight excluding hydrogens is 369 g/mol. The molecule has 1 atom stereocenters. The molecule has 2 aromatic carbocycles. The quantitative estimate of drug-likeness (QED) is 0.506. The van der Waals surface area contributed by atoms with Gasteiger partial charge >= 0.3 is 0 Å². The van der Waals surface area contributed by atoms with Crippen molar-refractivity contribution in [2.45, 2.75) is 24.3 Å². The molecule has 1 aromatic heterocycles. The molecule has 0 saturated heterocycles. The van der Waals surface area contributed by atoms with Crippen LogP contribution in [0.3, 0.4) is 0 Å².